The number of carbonyl (C=O) groups excluding carboxylic acids is 1. The fraction of sp³-hybridized carbons (Fsp3) is 0.476. The summed E-state index contributed by atoms with van der Waals surface area (Å²) in [5.74, 6) is 1.86. The van der Waals surface area contributed by atoms with Crippen LogP contribution in [0.2, 0.25) is 10.0 Å². The number of rotatable bonds is 4. The van der Waals surface area contributed by atoms with Crippen LogP contribution in [0, 0.1) is 5.92 Å². The highest BCUT2D eigenvalue weighted by molar-refractivity contribution is 6.42. The van der Waals surface area contributed by atoms with Crippen molar-refractivity contribution < 1.29 is 9.21 Å². The predicted molar refractivity (Wildman–Crippen MR) is 107 cm³/mol. The minimum Gasteiger partial charge on any atom is -0.469 e. The number of furan rings is 1. The molecule has 0 radical (unpaired) electrons. The third kappa shape index (κ3) is 4.03. The van der Waals surface area contributed by atoms with Gasteiger partial charge in [-0.2, -0.15) is 0 Å². The number of nitrogens with zero attached hydrogens (tertiary/aromatic N) is 2. The maximum Gasteiger partial charge on any atom is 0.227 e. The van der Waals surface area contributed by atoms with Crippen LogP contribution in [0.1, 0.15) is 36.3 Å². The number of likely N-dealkylation sites (tertiary alicyclic amines) is 1. The summed E-state index contributed by atoms with van der Waals surface area (Å²) in [7, 11) is 0. The second-order valence-corrected chi connectivity index (χ2v) is 8.55. The van der Waals surface area contributed by atoms with Crippen LogP contribution in [0.4, 0.5) is 0 Å². The molecule has 2 unspecified atom stereocenters. The van der Waals surface area contributed by atoms with Crippen LogP contribution in [-0.4, -0.2) is 41.9 Å². The van der Waals surface area contributed by atoms with Crippen molar-refractivity contribution in [3.8, 4) is 0 Å². The Morgan fingerprint density at radius 2 is 2.07 bits per heavy atom. The normalized spacial score (nSPS) is 22.9. The second-order valence-electron chi connectivity index (χ2n) is 7.73. The van der Waals surface area contributed by atoms with Gasteiger partial charge in [0.1, 0.15) is 5.76 Å². The smallest absolute Gasteiger partial charge is 0.227 e. The molecule has 0 bridgehead atoms. The van der Waals surface area contributed by atoms with Gasteiger partial charge >= 0.3 is 0 Å². The molecule has 0 N–H and O–H groups in total. The number of amides is 1. The Hall–Kier alpha value is -1.49. The van der Waals surface area contributed by atoms with Crippen LogP contribution in [0.3, 0.4) is 0 Å². The lowest BCUT2D eigenvalue weighted by atomic mass is 9.97. The standard InChI is InChI=1S/C21H24Cl2N2O2/c1-14-4-7-24(12-14)13-19-16-6-9-27-20(16)5-8-25(19)21(26)11-15-2-3-17(22)18(23)10-15/h2-3,6,9-10,14,19H,4-5,7-8,11-13H2,1H3. The van der Waals surface area contributed by atoms with E-state index in [0.29, 0.717) is 23.0 Å². The van der Waals surface area contributed by atoms with E-state index in [4.69, 9.17) is 27.6 Å². The fourth-order valence-corrected chi connectivity index (χ4v) is 4.57. The van der Waals surface area contributed by atoms with Gasteiger partial charge in [-0.25, -0.2) is 0 Å². The average Bonchev–Trinajstić information content (AvgIpc) is 3.27. The van der Waals surface area contributed by atoms with Crippen molar-refractivity contribution in [3.63, 3.8) is 0 Å². The fourth-order valence-electron chi connectivity index (χ4n) is 4.25. The van der Waals surface area contributed by atoms with Crippen LogP contribution in [0.25, 0.3) is 0 Å². The van der Waals surface area contributed by atoms with E-state index in [1.165, 1.54) is 6.42 Å². The highest BCUT2D eigenvalue weighted by atomic mass is 35.5. The minimum absolute atomic E-state index is 0.0491. The maximum atomic E-state index is 13.1. The molecule has 4 rings (SSSR count). The van der Waals surface area contributed by atoms with Crippen molar-refractivity contribution >= 4 is 29.1 Å². The molecule has 2 aliphatic heterocycles. The molecular formula is C21H24Cl2N2O2. The van der Waals surface area contributed by atoms with E-state index >= 15 is 0 Å². The molecule has 1 fully saturated rings. The van der Waals surface area contributed by atoms with Gasteiger partial charge < -0.3 is 14.2 Å². The molecule has 0 aliphatic carbocycles. The van der Waals surface area contributed by atoms with Gasteiger partial charge in [0.15, 0.2) is 0 Å². The third-order valence-electron chi connectivity index (χ3n) is 5.69. The molecule has 144 valence electrons. The molecule has 0 spiro atoms. The summed E-state index contributed by atoms with van der Waals surface area (Å²) in [6.45, 7) is 6.04. The largest absolute Gasteiger partial charge is 0.469 e. The zero-order valence-electron chi connectivity index (χ0n) is 15.5. The van der Waals surface area contributed by atoms with Gasteiger partial charge in [0, 0.05) is 31.6 Å². The zero-order valence-corrected chi connectivity index (χ0v) is 17.0. The number of fused-ring (bicyclic) bond motifs is 1. The number of hydrogen-bond acceptors (Lipinski definition) is 3. The first-order valence-corrected chi connectivity index (χ1v) is 10.3. The number of benzene rings is 1. The van der Waals surface area contributed by atoms with E-state index in [0.717, 1.165) is 48.9 Å². The van der Waals surface area contributed by atoms with Crippen LogP contribution < -0.4 is 0 Å². The average molecular weight is 407 g/mol. The van der Waals surface area contributed by atoms with Crippen LogP contribution in [0.5, 0.6) is 0 Å². The van der Waals surface area contributed by atoms with Crippen molar-refractivity contribution in [3.05, 3.63) is 57.5 Å². The monoisotopic (exact) mass is 406 g/mol. The highest BCUT2D eigenvalue weighted by Gasteiger charge is 2.34. The SMILES string of the molecule is CC1CCN(CC2c3ccoc3CCN2C(=O)Cc2ccc(Cl)c(Cl)c2)C1. The Morgan fingerprint density at radius 1 is 1.22 bits per heavy atom. The van der Waals surface area contributed by atoms with Crippen molar-refractivity contribution in [2.24, 2.45) is 5.92 Å². The summed E-state index contributed by atoms with van der Waals surface area (Å²) in [5, 5.41) is 0.996. The Balaban J connectivity index is 1.53. The first-order chi connectivity index (χ1) is 13.0. The summed E-state index contributed by atoms with van der Waals surface area (Å²) >= 11 is 12.1. The molecule has 27 heavy (non-hydrogen) atoms. The van der Waals surface area contributed by atoms with Crippen LogP contribution >= 0.6 is 23.2 Å². The van der Waals surface area contributed by atoms with Gasteiger partial charge in [-0.1, -0.05) is 36.2 Å². The lowest BCUT2D eigenvalue weighted by molar-refractivity contribution is -0.133. The van der Waals surface area contributed by atoms with Gasteiger partial charge in [0.2, 0.25) is 5.91 Å². The summed E-state index contributed by atoms with van der Waals surface area (Å²) in [6, 6.07) is 7.48. The molecule has 2 atom stereocenters. The predicted octanol–water partition coefficient (Wildman–Crippen LogP) is 4.60. The Bertz CT molecular complexity index is 835. The van der Waals surface area contributed by atoms with Crippen molar-refractivity contribution in [2.45, 2.75) is 32.2 Å². The van der Waals surface area contributed by atoms with Gasteiger partial charge in [-0.3, -0.25) is 4.79 Å². The molecular weight excluding hydrogens is 383 g/mol. The first-order valence-electron chi connectivity index (χ1n) is 9.53. The van der Waals surface area contributed by atoms with E-state index < -0.39 is 0 Å². The molecule has 1 saturated heterocycles. The number of hydrogen-bond donors (Lipinski definition) is 0. The summed E-state index contributed by atoms with van der Waals surface area (Å²) in [6.07, 6.45) is 4.07. The molecule has 1 amide bonds. The second kappa shape index (κ2) is 7.86. The molecule has 2 aliphatic rings. The number of halogens is 2. The van der Waals surface area contributed by atoms with Crippen LogP contribution in [0.15, 0.2) is 34.9 Å². The maximum absolute atomic E-state index is 13.1. The van der Waals surface area contributed by atoms with Crippen LogP contribution in [-0.2, 0) is 17.6 Å². The molecule has 2 aromatic rings. The van der Waals surface area contributed by atoms with Crippen molar-refractivity contribution in [2.75, 3.05) is 26.2 Å². The Morgan fingerprint density at radius 3 is 2.81 bits per heavy atom. The quantitative estimate of drug-likeness (QED) is 0.744. The van der Waals surface area contributed by atoms with E-state index in [-0.39, 0.29) is 11.9 Å². The molecule has 6 heteroatoms. The molecule has 0 saturated carbocycles. The Kier molecular flexibility index (Phi) is 5.49. The van der Waals surface area contributed by atoms with Gasteiger partial charge in [0.05, 0.1) is 28.8 Å². The molecule has 4 nitrogen and oxygen atoms in total. The summed E-state index contributed by atoms with van der Waals surface area (Å²) in [5.41, 5.74) is 2.05. The third-order valence-corrected chi connectivity index (χ3v) is 6.43. The summed E-state index contributed by atoms with van der Waals surface area (Å²) < 4.78 is 5.66. The first kappa shape index (κ1) is 18.9. The lowest BCUT2D eigenvalue weighted by Gasteiger charge is -2.37. The lowest BCUT2D eigenvalue weighted by Crippen LogP contribution is -2.45. The zero-order chi connectivity index (χ0) is 19.0. The van der Waals surface area contributed by atoms with E-state index in [1.807, 2.05) is 17.0 Å². The van der Waals surface area contributed by atoms with E-state index in [2.05, 4.69) is 11.8 Å². The van der Waals surface area contributed by atoms with E-state index in [9.17, 15) is 4.79 Å². The Labute approximate surface area is 170 Å². The van der Waals surface area contributed by atoms with Gasteiger partial charge in [0.25, 0.3) is 0 Å². The van der Waals surface area contributed by atoms with Crippen molar-refractivity contribution in [1.82, 2.24) is 9.80 Å². The number of carbonyl (C=O) groups is 1. The van der Waals surface area contributed by atoms with Gasteiger partial charge in [-0.15, -0.1) is 0 Å². The molecule has 3 heterocycles. The van der Waals surface area contributed by atoms with Crippen molar-refractivity contribution in [1.29, 1.82) is 0 Å². The molecule has 1 aromatic carbocycles. The highest BCUT2D eigenvalue weighted by Crippen LogP contribution is 2.33. The topological polar surface area (TPSA) is 36.7 Å². The van der Waals surface area contributed by atoms with Gasteiger partial charge in [-0.05, 0) is 42.6 Å². The van der Waals surface area contributed by atoms with E-state index in [1.54, 1.807) is 18.4 Å². The minimum atomic E-state index is 0.0491. The molecule has 1 aromatic heterocycles. The summed E-state index contributed by atoms with van der Waals surface area (Å²) in [4.78, 5) is 17.6.